The van der Waals surface area contributed by atoms with E-state index in [0.29, 0.717) is 24.3 Å². The van der Waals surface area contributed by atoms with Crippen LogP contribution in [0.3, 0.4) is 0 Å². The molecule has 1 fully saturated rings. The molecule has 19 heavy (non-hydrogen) atoms. The molecule has 0 aliphatic heterocycles. The van der Waals surface area contributed by atoms with Gasteiger partial charge in [0.2, 0.25) is 11.7 Å². The van der Waals surface area contributed by atoms with Crippen molar-refractivity contribution in [3.63, 3.8) is 0 Å². The molecule has 100 valence electrons. The minimum absolute atomic E-state index is 0.612. The molecule has 0 unspecified atom stereocenters. The molecule has 4 heteroatoms. The van der Waals surface area contributed by atoms with E-state index in [1.165, 1.54) is 32.1 Å². The van der Waals surface area contributed by atoms with Gasteiger partial charge in [-0.15, -0.1) is 0 Å². The van der Waals surface area contributed by atoms with E-state index >= 15 is 0 Å². The van der Waals surface area contributed by atoms with Gasteiger partial charge in [-0.2, -0.15) is 4.98 Å². The summed E-state index contributed by atoms with van der Waals surface area (Å²) in [6.07, 6.45) is 6.56. The van der Waals surface area contributed by atoms with Crippen molar-refractivity contribution < 1.29 is 4.52 Å². The fourth-order valence-electron chi connectivity index (χ4n) is 2.57. The number of hydrogen-bond acceptors (Lipinski definition) is 4. The van der Waals surface area contributed by atoms with Gasteiger partial charge in [0.05, 0.1) is 6.54 Å². The molecule has 1 saturated carbocycles. The van der Waals surface area contributed by atoms with Crippen LogP contribution < -0.4 is 5.32 Å². The Balaban J connectivity index is 1.59. The Kier molecular flexibility index (Phi) is 3.89. The van der Waals surface area contributed by atoms with Gasteiger partial charge in [0.15, 0.2) is 0 Å². The zero-order valence-electron chi connectivity index (χ0n) is 11.0. The molecule has 1 aliphatic rings. The monoisotopic (exact) mass is 257 g/mol. The Morgan fingerprint density at radius 1 is 1.11 bits per heavy atom. The average Bonchev–Trinajstić information content (AvgIpc) is 2.96. The Morgan fingerprint density at radius 3 is 2.68 bits per heavy atom. The number of nitrogens with zero attached hydrogens (tertiary/aromatic N) is 2. The van der Waals surface area contributed by atoms with Crippen molar-refractivity contribution in [1.29, 1.82) is 0 Å². The Bertz CT molecular complexity index is 503. The highest BCUT2D eigenvalue weighted by molar-refractivity contribution is 5.53. The maximum atomic E-state index is 5.29. The van der Waals surface area contributed by atoms with Crippen molar-refractivity contribution in [3.8, 4) is 11.4 Å². The summed E-state index contributed by atoms with van der Waals surface area (Å²) >= 11 is 0. The summed E-state index contributed by atoms with van der Waals surface area (Å²) in [7, 11) is 0. The van der Waals surface area contributed by atoms with E-state index in [9.17, 15) is 0 Å². The fourth-order valence-corrected chi connectivity index (χ4v) is 2.57. The van der Waals surface area contributed by atoms with Gasteiger partial charge in [-0.1, -0.05) is 54.8 Å². The second-order valence-corrected chi connectivity index (χ2v) is 5.09. The van der Waals surface area contributed by atoms with Crippen LogP contribution in [0.5, 0.6) is 0 Å². The molecule has 1 aromatic carbocycles. The normalized spacial score (nSPS) is 16.6. The number of benzene rings is 1. The quantitative estimate of drug-likeness (QED) is 0.914. The first-order valence-corrected chi connectivity index (χ1v) is 7.03. The predicted octanol–water partition coefficient (Wildman–Crippen LogP) is 3.16. The van der Waals surface area contributed by atoms with Crippen molar-refractivity contribution in [2.75, 3.05) is 0 Å². The Morgan fingerprint density at radius 2 is 1.89 bits per heavy atom. The van der Waals surface area contributed by atoms with Crippen LogP contribution in [0.1, 0.15) is 38.0 Å². The number of nitrogens with one attached hydrogen (secondary N) is 1. The van der Waals surface area contributed by atoms with Crippen molar-refractivity contribution in [2.24, 2.45) is 0 Å². The lowest BCUT2D eigenvalue weighted by atomic mass is 9.95. The molecule has 0 atom stereocenters. The summed E-state index contributed by atoms with van der Waals surface area (Å²) < 4.78 is 5.29. The van der Waals surface area contributed by atoms with Gasteiger partial charge in [0.1, 0.15) is 0 Å². The van der Waals surface area contributed by atoms with Gasteiger partial charge >= 0.3 is 0 Å². The van der Waals surface area contributed by atoms with Crippen LogP contribution in [0.4, 0.5) is 0 Å². The van der Waals surface area contributed by atoms with Crippen LogP contribution >= 0.6 is 0 Å². The molecule has 0 saturated heterocycles. The van der Waals surface area contributed by atoms with Crippen LogP contribution in [-0.2, 0) is 6.54 Å². The summed E-state index contributed by atoms with van der Waals surface area (Å²) in [5.74, 6) is 1.34. The maximum absolute atomic E-state index is 5.29. The largest absolute Gasteiger partial charge is 0.338 e. The first-order valence-electron chi connectivity index (χ1n) is 7.03. The van der Waals surface area contributed by atoms with E-state index in [0.717, 1.165) is 5.56 Å². The van der Waals surface area contributed by atoms with Crippen LogP contribution in [0, 0.1) is 0 Å². The summed E-state index contributed by atoms with van der Waals surface area (Å²) in [5, 5.41) is 7.53. The van der Waals surface area contributed by atoms with Crippen molar-refractivity contribution in [3.05, 3.63) is 36.2 Å². The molecular weight excluding hydrogens is 238 g/mol. The smallest absolute Gasteiger partial charge is 0.240 e. The van der Waals surface area contributed by atoms with E-state index < -0.39 is 0 Å². The van der Waals surface area contributed by atoms with Gasteiger partial charge in [0.25, 0.3) is 0 Å². The summed E-state index contributed by atoms with van der Waals surface area (Å²) in [4.78, 5) is 4.42. The molecule has 2 aromatic rings. The zero-order valence-corrected chi connectivity index (χ0v) is 11.0. The Hall–Kier alpha value is -1.68. The number of aromatic nitrogens is 2. The lowest BCUT2D eigenvalue weighted by molar-refractivity contribution is 0.327. The van der Waals surface area contributed by atoms with Gasteiger partial charge in [-0.05, 0) is 12.8 Å². The zero-order chi connectivity index (χ0) is 12.9. The molecule has 1 heterocycles. The van der Waals surface area contributed by atoms with Crippen molar-refractivity contribution in [1.82, 2.24) is 15.5 Å². The molecule has 0 amide bonds. The third-order valence-corrected chi connectivity index (χ3v) is 3.65. The third kappa shape index (κ3) is 3.20. The minimum Gasteiger partial charge on any atom is -0.338 e. The first kappa shape index (κ1) is 12.4. The molecule has 1 N–H and O–H groups in total. The molecule has 3 rings (SSSR count). The standard InChI is InChI=1S/C15H19N3O/c1-3-7-12(8-4-1)15-17-14(19-18-15)11-16-13-9-5-2-6-10-13/h1,3-4,7-8,13,16H,2,5-6,9-11H2. The highest BCUT2D eigenvalue weighted by Crippen LogP contribution is 2.18. The number of rotatable bonds is 4. The lowest BCUT2D eigenvalue weighted by Gasteiger charge is -2.21. The van der Waals surface area contributed by atoms with E-state index in [2.05, 4.69) is 15.5 Å². The second kappa shape index (κ2) is 5.97. The summed E-state index contributed by atoms with van der Waals surface area (Å²) in [5.41, 5.74) is 0.996. The Labute approximate surface area is 113 Å². The van der Waals surface area contributed by atoms with Crippen LogP contribution in [0.25, 0.3) is 11.4 Å². The van der Waals surface area contributed by atoms with Crippen LogP contribution in [0.2, 0.25) is 0 Å². The van der Waals surface area contributed by atoms with Crippen molar-refractivity contribution in [2.45, 2.75) is 44.7 Å². The molecule has 1 aromatic heterocycles. The second-order valence-electron chi connectivity index (χ2n) is 5.09. The van der Waals surface area contributed by atoms with E-state index in [4.69, 9.17) is 4.52 Å². The van der Waals surface area contributed by atoms with Gasteiger partial charge in [-0.3, -0.25) is 0 Å². The molecule has 1 aliphatic carbocycles. The molecule has 0 bridgehead atoms. The third-order valence-electron chi connectivity index (χ3n) is 3.65. The fraction of sp³-hybridized carbons (Fsp3) is 0.467. The van der Waals surface area contributed by atoms with Gasteiger partial charge < -0.3 is 9.84 Å². The molecular formula is C15H19N3O. The first-order chi connectivity index (χ1) is 9.42. The highest BCUT2D eigenvalue weighted by atomic mass is 16.5. The van der Waals surface area contributed by atoms with Gasteiger partial charge in [-0.25, -0.2) is 0 Å². The van der Waals surface area contributed by atoms with Crippen molar-refractivity contribution >= 4 is 0 Å². The van der Waals surface area contributed by atoms with E-state index in [-0.39, 0.29) is 0 Å². The average molecular weight is 257 g/mol. The maximum Gasteiger partial charge on any atom is 0.240 e. The topological polar surface area (TPSA) is 51.0 Å². The molecule has 0 spiro atoms. The van der Waals surface area contributed by atoms with Crippen LogP contribution in [-0.4, -0.2) is 16.2 Å². The van der Waals surface area contributed by atoms with Gasteiger partial charge in [0, 0.05) is 11.6 Å². The SMILES string of the molecule is c1ccc(-c2noc(CNC3CCCCC3)n2)cc1. The van der Waals surface area contributed by atoms with Crippen LogP contribution in [0.15, 0.2) is 34.9 Å². The lowest BCUT2D eigenvalue weighted by Crippen LogP contribution is -2.30. The predicted molar refractivity (Wildman–Crippen MR) is 73.4 cm³/mol. The number of hydrogen-bond donors (Lipinski definition) is 1. The van der Waals surface area contributed by atoms with E-state index in [1.54, 1.807) is 0 Å². The molecule has 0 radical (unpaired) electrons. The molecule has 4 nitrogen and oxygen atoms in total. The highest BCUT2D eigenvalue weighted by Gasteiger charge is 2.14. The van der Waals surface area contributed by atoms with E-state index in [1.807, 2.05) is 30.3 Å². The summed E-state index contributed by atoms with van der Waals surface area (Å²) in [6.45, 7) is 0.671. The summed E-state index contributed by atoms with van der Waals surface area (Å²) in [6, 6.07) is 10.5. The minimum atomic E-state index is 0.612.